The minimum Gasteiger partial charge on any atom is -0.491 e. The Labute approximate surface area is 274 Å². The number of hydrogen-bond acceptors (Lipinski definition) is 7. The molecule has 1 atom stereocenters. The highest BCUT2D eigenvalue weighted by atomic mass is 16.7. The molecule has 0 bridgehead atoms. The Morgan fingerprint density at radius 2 is 1.72 bits per heavy atom. The van der Waals surface area contributed by atoms with Crippen molar-refractivity contribution < 1.29 is 33.3 Å². The number of urea groups is 1. The van der Waals surface area contributed by atoms with E-state index in [0.29, 0.717) is 57.3 Å². The molecule has 10 heteroatoms. The van der Waals surface area contributed by atoms with Crippen LogP contribution in [0.5, 0.6) is 11.5 Å². The van der Waals surface area contributed by atoms with Gasteiger partial charge in [0.05, 0.1) is 37.7 Å². The van der Waals surface area contributed by atoms with Crippen molar-refractivity contribution in [1.29, 1.82) is 0 Å². The van der Waals surface area contributed by atoms with E-state index in [1.165, 1.54) is 4.90 Å². The van der Waals surface area contributed by atoms with Crippen molar-refractivity contribution >= 4 is 23.5 Å². The quantitative estimate of drug-likeness (QED) is 0.169. The average molecular weight is 638 g/mol. The summed E-state index contributed by atoms with van der Waals surface area (Å²) in [5.41, 5.74) is 10.9. The van der Waals surface area contributed by atoms with Crippen molar-refractivity contribution in [1.82, 2.24) is 4.90 Å². The number of cyclic esters (lactones) is 1. The fraction of sp³-hybridized carbons (Fsp3) is 0.297. The molecule has 0 aliphatic carbocycles. The van der Waals surface area contributed by atoms with Crippen molar-refractivity contribution in [2.45, 2.75) is 45.4 Å². The van der Waals surface area contributed by atoms with Crippen LogP contribution in [0.1, 0.15) is 42.2 Å². The van der Waals surface area contributed by atoms with Crippen LogP contribution < -0.4 is 20.1 Å². The van der Waals surface area contributed by atoms with Crippen molar-refractivity contribution in [3.05, 3.63) is 119 Å². The fourth-order valence-electron chi connectivity index (χ4n) is 5.61. The second-order valence-corrected chi connectivity index (χ2v) is 12.0. The summed E-state index contributed by atoms with van der Waals surface area (Å²) >= 11 is 0. The molecule has 4 aromatic rings. The summed E-state index contributed by atoms with van der Waals surface area (Å²) in [7, 11) is 0. The first kappa shape index (κ1) is 31.9. The van der Waals surface area contributed by atoms with E-state index < -0.39 is 11.8 Å². The van der Waals surface area contributed by atoms with Gasteiger partial charge < -0.3 is 34.3 Å². The first-order valence-corrected chi connectivity index (χ1v) is 15.7. The minimum atomic E-state index is -0.652. The highest BCUT2D eigenvalue weighted by molar-refractivity contribution is 5.98. The van der Waals surface area contributed by atoms with Gasteiger partial charge in [0, 0.05) is 26.0 Å². The van der Waals surface area contributed by atoms with E-state index in [4.69, 9.17) is 29.4 Å². The molecule has 2 N–H and O–H groups in total. The number of rotatable bonds is 12. The third-order valence-corrected chi connectivity index (χ3v) is 8.04. The van der Waals surface area contributed by atoms with E-state index in [2.05, 4.69) is 0 Å². The van der Waals surface area contributed by atoms with Crippen LogP contribution >= 0.6 is 0 Å². The molecule has 1 saturated heterocycles. The van der Waals surface area contributed by atoms with Crippen LogP contribution in [0.3, 0.4) is 0 Å². The number of benzene rings is 4. The summed E-state index contributed by atoms with van der Waals surface area (Å²) in [6.45, 7) is 6.42. The minimum absolute atomic E-state index is 0.311. The van der Waals surface area contributed by atoms with E-state index in [1.807, 2.05) is 111 Å². The van der Waals surface area contributed by atoms with Crippen LogP contribution in [-0.2, 0) is 33.8 Å². The summed E-state index contributed by atoms with van der Waals surface area (Å²) in [4.78, 5) is 28.0. The van der Waals surface area contributed by atoms with Crippen LogP contribution in [0.2, 0.25) is 0 Å². The summed E-state index contributed by atoms with van der Waals surface area (Å²) in [5, 5.41) is 0. The molecule has 2 aliphatic rings. The van der Waals surface area contributed by atoms with Gasteiger partial charge in [0.25, 0.3) is 0 Å². The van der Waals surface area contributed by atoms with Crippen LogP contribution in [0.4, 0.5) is 21.0 Å². The monoisotopic (exact) mass is 637 g/mol. The van der Waals surface area contributed by atoms with Crippen LogP contribution in [-0.4, -0.2) is 49.1 Å². The Morgan fingerprint density at radius 1 is 0.936 bits per heavy atom. The Hall–Kier alpha value is -5.06. The van der Waals surface area contributed by atoms with Crippen molar-refractivity contribution in [2.24, 2.45) is 5.73 Å². The van der Waals surface area contributed by atoms with Crippen molar-refractivity contribution in [3.63, 3.8) is 0 Å². The normalized spacial score (nSPS) is 16.6. The molecule has 2 aliphatic heterocycles. The molecule has 0 saturated carbocycles. The number of carbonyl (C=O) groups excluding carboxylic acids is 2. The van der Waals surface area contributed by atoms with E-state index in [9.17, 15) is 9.59 Å². The largest absolute Gasteiger partial charge is 0.491 e. The lowest BCUT2D eigenvalue weighted by Crippen LogP contribution is -2.35. The number of anilines is 2. The van der Waals surface area contributed by atoms with Crippen LogP contribution in [0.25, 0.3) is 0 Å². The van der Waals surface area contributed by atoms with E-state index in [1.54, 1.807) is 4.90 Å². The zero-order chi connectivity index (χ0) is 32.8. The van der Waals surface area contributed by atoms with Crippen LogP contribution in [0.15, 0.2) is 97.1 Å². The Morgan fingerprint density at radius 3 is 2.51 bits per heavy atom. The number of primary amides is 1. The Kier molecular flexibility index (Phi) is 9.60. The molecule has 10 nitrogen and oxygen atoms in total. The second-order valence-electron chi connectivity index (χ2n) is 12.0. The number of fused-ring (bicyclic) bond motifs is 1. The molecular formula is C37H39N3O7. The van der Waals surface area contributed by atoms with E-state index >= 15 is 0 Å². The molecule has 0 radical (unpaired) electrons. The van der Waals surface area contributed by atoms with Gasteiger partial charge in [0.15, 0.2) is 0 Å². The average Bonchev–Trinajstić information content (AvgIpc) is 3.44. The molecule has 2 heterocycles. The molecule has 1 fully saturated rings. The Balaban J connectivity index is 0.925. The van der Waals surface area contributed by atoms with Gasteiger partial charge in [-0.2, -0.15) is 0 Å². The van der Waals surface area contributed by atoms with Crippen LogP contribution in [0, 0.1) is 0 Å². The van der Waals surface area contributed by atoms with E-state index in [0.717, 1.165) is 33.8 Å². The molecule has 47 heavy (non-hydrogen) atoms. The number of amides is 3. The SMILES string of the molecule is CC1(C)OCc2cc([C@@H]3CN(CCc4ccc(OCCOCc5cccc(N(C(N)=O)c6ccccc6)c5)cc4)C(=O)O3)ccc2O1. The number of nitrogens with zero attached hydrogens (tertiary/aromatic N) is 2. The number of carbonyl (C=O) groups is 2. The predicted molar refractivity (Wildman–Crippen MR) is 177 cm³/mol. The lowest BCUT2D eigenvalue weighted by atomic mass is 10.0. The molecule has 0 aromatic heterocycles. The van der Waals surface area contributed by atoms with E-state index in [-0.39, 0.29) is 12.2 Å². The van der Waals surface area contributed by atoms with Gasteiger partial charge in [0.1, 0.15) is 24.2 Å². The lowest BCUT2D eigenvalue weighted by Gasteiger charge is -2.32. The standard InChI is InChI=1S/C37H39N3O7/c1-37(2)45-25-29-22-28(13-16-33(29)47-37)34-23-39(36(42)46-34)18-17-26-11-14-32(15-12-26)44-20-19-43-24-27-7-6-10-31(21-27)40(35(38)41)30-8-4-3-5-9-30/h3-16,21-22,34H,17-20,23-25H2,1-2H3,(H2,38,41)/t34-/m0/s1. The summed E-state index contributed by atoms with van der Waals surface area (Å²) in [6.07, 6.45) is 0.0566. The third-order valence-electron chi connectivity index (χ3n) is 8.04. The maximum atomic E-state index is 12.6. The summed E-state index contributed by atoms with van der Waals surface area (Å²) < 4.78 is 29.0. The molecule has 244 valence electrons. The maximum Gasteiger partial charge on any atom is 0.410 e. The molecule has 6 rings (SSSR count). The first-order valence-electron chi connectivity index (χ1n) is 15.7. The molecule has 4 aromatic carbocycles. The number of ether oxygens (including phenoxy) is 5. The highest BCUT2D eigenvalue weighted by Gasteiger charge is 2.34. The predicted octanol–water partition coefficient (Wildman–Crippen LogP) is 6.88. The van der Waals surface area contributed by atoms with Crippen molar-refractivity contribution in [2.75, 3.05) is 31.2 Å². The highest BCUT2D eigenvalue weighted by Crippen LogP contribution is 2.35. The van der Waals surface area contributed by atoms with Gasteiger partial charge in [-0.05, 0) is 71.6 Å². The van der Waals surface area contributed by atoms with Gasteiger partial charge in [-0.1, -0.05) is 48.5 Å². The topological polar surface area (TPSA) is 113 Å². The molecule has 0 spiro atoms. The summed E-state index contributed by atoms with van der Waals surface area (Å²) in [5.74, 6) is 0.884. The second kappa shape index (κ2) is 14.1. The maximum absolute atomic E-state index is 12.6. The van der Waals surface area contributed by atoms with Gasteiger partial charge in [-0.3, -0.25) is 4.90 Å². The zero-order valence-corrected chi connectivity index (χ0v) is 26.6. The fourth-order valence-corrected chi connectivity index (χ4v) is 5.61. The number of para-hydroxylation sites is 1. The smallest absolute Gasteiger partial charge is 0.410 e. The molecule has 3 amide bonds. The van der Waals surface area contributed by atoms with Gasteiger partial charge in [0.2, 0.25) is 5.79 Å². The number of nitrogens with two attached hydrogens (primary N) is 1. The van der Waals surface area contributed by atoms with Gasteiger partial charge >= 0.3 is 12.1 Å². The summed E-state index contributed by atoms with van der Waals surface area (Å²) in [6, 6.07) is 30.0. The van der Waals surface area contributed by atoms with Gasteiger partial charge in [-0.15, -0.1) is 0 Å². The zero-order valence-electron chi connectivity index (χ0n) is 26.6. The molecular weight excluding hydrogens is 598 g/mol. The Bertz CT molecular complexity index is 1690. The third kappa shape index (κ3) is 8.03. The van der Waals surface area contributed by atoms with Gasteiger partial charge in [-0.25, -0.2) is 9.59 Å². The first-order chi connectivity index (χ1) is 22.7. The number of hydrogen-bond donors (Lipinski definition) is 1. The molecule has 0 unspecified atom stereocenters. The van der Waals surface area contributed by atoms with Crippen molar-refractivity contribution in [3.8, 4) is 11.5 Å². The lowest BCUT2D eigenvalue weighted by molar-refractivity contribution is -0.180.